The molecule has 1 aliphatic rings. The fraction of sp³-hybridized carbons (Fsp3) is 0.381. The Kier molecular flexibility index (Phi) is 7.58. The van der Waals surface area contributed by atoms with Crippen LogP contribution in [0.1, 0.15) is 19.8 Å². The van der Waals surface area contributed by atoms with Crippen LogP contribution in [-0.2, 0) is 14.8 Å². The SMILES string of the molecule is C[C@@H](Oc1ccccc1Cl)C(=O)NCCOc1ccc(S(=O)(=O)N2CCCC2)cc1. The predicted octanol–water partition coefficient (Wildman–Crippen LogP) is 3.09. The van der Waals surface area contributed by atoms with Crippen molar-refractivity contribution < 1.29 is 22.7 Å². The highest BCUT2D eigenvalue weighted by molar-refractivity contribution is 7.89. The molecule has 1 atom stereocenters. The average Bonchev–Trinajstić information content (AvgIpc) is 3.29. The molecule has 0 aliphatic carbocycles. The first-order valence-corrected chi connectivity index (χ1v) is 11.6. The first-order chi connectivity index (χ1) is 14.4. The lowest BCUT2D eigenvalue weighted by Gasteiger charge is -2.16. The first-order valence-electron chi connectivity index (χ1n) is 9.80. The average molecular weight is 453 g/mol. The normalized spacial score (nSPS) is 15.5. The Morgan fingerprint density at radius 2 is 1.80 bits per heavy atom. The second-order valence-corrected chi connectivity index (χ2v) is 9.26. The van der Waals surface area contributed by atoms with Gasteiger partial charge < -0.3 is 14.8 Å². The van der Waals surface area contributed by atoms with Crippen LogP contribution in [0.3, 0.4) is 0 Å². The monoisotopic (exact) mass is 452 g/mol. The summed E-state index contributed by atoms with van der Waals surface area (Å²) in [4.78, 5) is 12.4. The van der Waals surface area contributed by atoms with Crippen molar-refractivity contribution >= 4 is 27.5 Å². The van der Waals surface area contributed by atoms with Crippen molar-refractivity contribution in [3.8, 4) is 11.5 Å². The molecule has 2 aromatic carbocycles. The number of rotatable bonds is 9. The lowest BCUT2D eigenvalue weighted by atomic mass is 10.3. The van der Waals surface area contributed by atoms with E-state index in [2.05, 4.69) is 5.32 Å². The molecule has 1 N–H and O–H groups in total. The summed E-state index contributed by atoms with van der Waals surface area (Å²) in [6.45, 7) is 3.29. The van der Waals surface area contributed by atoms with Gasteiger partial charge in [0.2, 0.25) is 10.0 Å². The summed E-state index contributed by atoms with van der Waals surface area (Å²) in [6, 6.07) is 13.3. The van der Waals surface area contributed by atoms with E-state index < -0.39 is 16.1 Å². The quantitative estimate of drug-likeness (QED) is 0.591. The van der Waals surface area contributed by atoms with Crippen molar-refractivity contribution in [1.29, 1.82) is 0 Å². The molecule has 1 aliphatic heterocycles. The van der Waals surface area contributed by atoms with Crippen LogP contribution in [0.15, 0.2) is 53.4 Å². The molecule has 7 nitrogen and oxygen atoms in total. The molecule has 2 aromatic rings. The summed E-state index contributed by atoms with van der Waals surface area (Å²) in [5, 5.41) is 3.17. The molecular formula is C21H25ClN2O5S. The van der Waals surface area contributed by atoms with E-state index >= 15 is 0 Å². The maximum atomic E-state index is 12.5. The molecule has 1 heterocycles. The minimum Gasteiger partial charge on any atom is -0.492 e. The zero-order valence-electron chi connectivity index (χ0n) is 16.7. The minimum absolute atomic E-state index is 0.239. The standard InChI is InChI=1S/C21H25ClN2O5S/c1-16(29-20-7-3-2-6-19(20)22)21(25)23-12-15-28-17-8-10-18(11-9-17)30(26,27)24-13-4-5-14-24/h2-3,6-11,16H,4-5,12-15H2,1H3,(H,23,25)/t16-/m1/s1. The number of para-hydroxylation sites is 1. The Bertz CT molecular complexity index is 960. The number of hydrogen-bond donors (Lipinski definition) is 1. The Morgan fingerprint density at radius 3 is 2.47 bits per heavy atom. The van der Waals surface area contributed by atoms with Crippen LogP contribution in [-0.4, -0.2) is 51.0 Å². The van der Waals surface area contributed by atoms with Crippen LogP contribution in [0, 0.1) is 0 Å². The first kappa shape index (κ1) is 22.4. The molecule has 1 amide bonds. The smallest absolute Gasteiger partial charge is 0.260 e. The van der Waals surface area contributed by atoms with Gasteiger partial charge in [0.1, 0.15) is 18.1 Å². The number of benzene rings is 2. The number of sulfonamides is 1. The number of nitrogens with one attached hydrogen (secondary N) is 1. The fourth-order valence-electron chi connectivity index (χ4n) is 3.06. The summed E-state index contributed by atoms with van der Waals surface area (Å²) >= 11 is 6.03. The van der Waals surface area contributed by atoms with Gasteiger partial charge in [-0.25, -0.2) is 8.42 Å². The molecule has 1 saturated heterocycles. The third kappa shape index (κ3) is 5.65. The van der Waals surface area contributed by atoms with Crippen LogP contribution < -0.4 is 14.8 Å². The lowest BCUT2D eigenvalue weighted by molar-refractivity contribution is -0.127. The zero-order chi connectivity index (χ0) is 21.6. The highest BCUT2D eigenvalue weighted by Gasteiger charge is 2.26. The maximum Gasteiger partial charge on any atom is 0.260 e. The van der Waals surface area contributed by atoms with Crippen molar-refractivity contribution in [2.75, 3.05) is 26.2 Å². The number of carbonyl (C=O) groups excluding carboxylic acids is 1. The van der Waals surface area contributed by atoms with E-state index in [0.29, 0.717) is 29.6 Å². The van der Waals surface area contributed by atoms with E-state index in [0.717, 1.165) is 12.8 Å². The zero-order valence-corrected chi connectivity index (χ0v) is 18.3. The van der Waals surface area contributed by atoms with Gasteiger partial charge >= 0.3 is 0 Å². The fourth-order valence-corrected chi connectivity index (χ4v) is 4.75. The van der Waals surface area contributed by atoms with Crippen molar-refractivity contribution in [2.45, 2.75) is 30.8 Å². The highest BCUT2D eigenvalue weighted by atomic mass is 35.5. The van der Waals surface area contributed by atoms with Crippen molar-refractivity contribution in [3.05, 3.63) is 53.6 Å². The van der Waals surface area contributed by atoms with E-state index in [9.17, 15) is 13.2 Å². The van der Waals surface area contributed by atoms with Gasteiger partial charge in [0.25, 0.3) is 5.91 Å². The lowest BCUT2D eigenvalue weighted by Crippen LogP contribution is -2.38. The number of nitrogens with zero attached hydrogens (tertiary/aromatic N) is 1. The summed E-state index contributed by atoms with van der Waals surface area (Å²) < 4.78 is 37.7. The van der Waals surface area contributed by atoms with E-state index in [1.165, 1.54) is 4.31 Å². The van der Waals surface area contributed by atoms with Crippen molar-refractivity contribution in [1.82, 2.24) is 9.62 Å². The third-order valence-electron chi connectivity index (χ3n) is 4.71. The second-order valence-electron chi connectivity index (χ2n) is 6.91. The van der Waals surface area contributed by atoms with Crippen LogP contribution >= 0.6 is 11.6 Å². The van der Waals surface area contributed by atoms with Gasteiger partial charge in [-0.05, 0) is 56.2 Å². The van der Waals surface area contributed by atoms with Crippen LogP contribution in [0.25, 0.3) is 0 Å². The molecule has 162 valence electrons. The molecule has 0 aromatic heterocycles. The Balaban J connectivity index is 1.43. The molecule has 3 rings (SSSR count). The molecule has 0 unspecified atom stereocenters. The number of halogens is 1. The van der Waals surface area contributed by atoms with Gasteiger partial charge in [-0.2, -0.15) is 4.31 Å². The predicted molar refractivity (Wildman–Crippen MR) is 114 cm³/mol. The molecule has 0 radical (unpaired) electrons. The van der Waals surface area contributed by atoms with E-state index in [-0.39, 0.29) is 24.0 Å². The molecule has 0 saturated carbocycles. The Labute approximate surface area is 182 Å². The molecule has 0 spiro atoms. The number of ether oxygens (including phenoxy) is 2. The van der Waals surface area contributed by atoms with E-state index in [1.807, 2.05) is 0 Å². The minimum atomic E-state index is -3.43. The van der Waals surface area contributed by atoms with Crippen molar-refractivity contribution in [3.63, 3.8) is 0 Å². The highest BCUT2D eigenvalue weighted by Crippen LogP contribution is 2.24. The van der Waals surface area contributed by atoms with Gasteiger partial charge in [0.05, 0.1) is 16.5 Å². The van der Waals surface area contributed by atoms with Gasteiger partial charge in [0, 0.05) is 13.1 Å². The summed E-state index contributed by atoms with van der Waals surface area (Å²) in [7, 11) is -3.43. The molecule has 1 fully saturated rings. The van der Waals surface area contributed by atoms with Gasteiger partial charge in [-0.15, -0.1) is 0 Å². The molecule has 9 heteroatoms. The molecule has 0 bridgehead atoms. The van der Waals surface area contributed by atoms with Gasteiger partial charge in [0.15, 0.2) is 6.10 Å². The summed E-state index contributed by atoms with van der Waals surface area (Å²) in [6.07, 6.45) is 1.09. The topological polar surface area (TPSA) is 84.9 Å². The van der Waals surface area contributed by atoms with Gasteiger partial charge in [-0.1, -0.05) is 23.7 Å². The molecule has 30 heavy (non-hydrogen) atoms. The van der Waals surface area contributed by atoms with Crippen LogP contribution in [0.2, 0.25) is 5.02 Å². The molecular weight excluding hydrogens is 428 g/mol. The summed E-state index contributed by atoms with van der Waals surface area (Å²) in [5.74, 6) is 0.692. The number of carbonyl (C=O) groups is 1. The van der Waals surface area contributed by atoms with E-state index in [1.54, 1.807) is 55.5 Å². The maximum absolute atomic E-state index is 12.5. The van der Waals surface area contributed by atoms with Crippen molar-refractivity contribution in [2.24, 2.45) is 0 Å². The third-order valence-corrected chi connectivity index (χ3v) is 6.93. The second kappa shape index (κ2) is 10.1. The number of amides is 1. The van der Waals surface area contributed by atoms with E-state index in [4.69, 9.17) is 21.1 Å². The van der Waals surface area contributed by atoms with Crippen LogP contribution in [0.4, 0.5) is 0 Å². The summed E-state index contributed by atoms with van der Waals surface area (Å²) in [5.41, 5.74) is 0. The number of hydrogen-bond acceptors (Lipinski definition) is 5. The van der Waals surface area contributed by atoms with Crippen LogP contribution in [0.5, 0.6) is 11.5 Å². The Hall–Kier alpha value is -2.29. The Morgan fingerprint density at radius 1 is 1.13 bits per heavy atom. The largest absolute Gasteiger partial charge is 0.492 e. The van der Waals surface area contributed by atoms with Gasteiger partial charge in [-0.3, -0.25) is 4.79 Å².